The molecule has 0 aliphatic carbocycles. The zero-order chi connectivity index (χ0) is 17.9. The molecule has 0 N–H and O–H groups in total. The van der Waals surface area contributed by atoms with Crippen molar-refractivity contribution in [3.63, 3.8) is 0 Å². The Kier molecular flexibility index (Phi) is 5.64. The van der Waals surface area contributed by atoms with Gasteiger partial charge in [0.1, 0.15) is 0 Å². The molecule has 0 aromatic heterocycles. The van der Waals surface area contributed by atoms with Gasteiger partial charge in [0.15, 0.2) is 6.29 Å². The van der Waals surface area contributed by atoms with Crippen LogP contribution in [-0.2, 0) is 14.3 Å². The van der Waals surface area contributed by atoms with E-state index in [0.717, 1.165) is 64.7 Å². The molecule has 4 rings (SSSR count). The average molecular weight is 365 g/mol. The Morgan fingerprint density at radius 3 is 1.85 bits per heavy atom. The first-order valence-corrected chi connectivity index (χ1v) is 10.3. The Bertz CT molecular complexity index is 501. The van der Waals surface area contributed by atoms with Crippen molar-refractivity contribution in [2.45, 2.75) is 44.8 Å². The van der Waals surface area contributed by atoms with Crippen LogP contribution in [0.2, 0.25) is 0 Å². The number of nitrogens with zero attached hydrogens (tertiary/aromatic N) is 3. The summed E-state index contributed by atoms with van der Waals surface area (Å²) < 4.78 is 11.2. The van der Waals surface area contributed by atoms with Crippen molar-refractivity contribution in [3.05, 3.63) is 0 Å². The number of hydrogen-bond donors (Lipinski definition) is 0. The van der Waals surface area contributed by atoms with Crippen molar-refractivity contribution >= 4 is 11.9 Å². The third-order valence-corrected chi connectivity index (χ3v) is 6.38. The summed E-state index contributed by atoms with van der Waals surface area (Å²) in [7, 11) is 0. The molecular formula is C19H31N3O4. The standard InChI is InChI=1S/C19H31N3O4/c23-17(20-9-5-16(6-10-20)18-25-13-14-26-18)15-3-11-22(12-4-15)19(24)21-7-1-2-8-21/h15-16,18H,1-14H2. The molecule has 4 heterocycles. The summed E-state index contributed by atoms with van der Waals surface area (Å²) in [5.74, 6) is 0.777. The summed E-state index contributed by atoms with van der Waals surface area (Å²) >= 11 is 0. The molecule has 4 aliphatic heterocycles. The lowest BCUT2D eigenvalue weighted by atomic mass is 9.92. The molecule has 4 fully saturated rings. The molecule has 3 amide bonds. The highest BCUT2D eigenvalue weighted by Gasteiger charge is 2.36. The van der Waals surface area contributed by atoms with E-state index in [0.29, 0.717) is 32.2 Å². The second kappa shape index (κ2) is 8.13. The minimum absolute atomic E-state index is 0.0629. The van der Waals surface area contributed by atoms with Crippen LogP contribution >= 0.6 is 0 Å². The number of likely N-dealkylation sites (tertiary alicyclic amines) is 3. The first kappa shape index (κ1) is 18.0. The van der Waals surface area contributed by atoms with Crippen LogP contribution in [0.4, 0.5) is 4.79 Å². The number of carbonyl (C=O) groups is 2. The fraction of sp³-hybridized carbons (Fsp3) is 0.895. The summed E-state index contributed by atoms with van der Waals surface area (Å²) in [6, 6.07) is 0.172. The highest BCUT2D eigenvalue weighted by molar-refractivity contribution is 5.80. The Labute approximate surface area is 155 Å². The molecule has 26 heavy (non-hydrogen) atoms. The number of amides is 3. The van der Waals surface area contributed by atoms with Gasteiger partial charge in [0.25, 0.3) is 0 Å². The zero-order valence-corrected chi connectivity index (χ0v) is 15.6. The van der Waals surface area contributed by atoms with Crippen LogP contribution in [0.3, 0.4) is 0 Å². The van der Waals surface area contributed by atoms with Gasteiger partial charge in [-0.1, -0.05) is 0 Å². The number of piperidine rings is 2. The minimum Gasteiger partial charge on any atom is -0.350 e. The number of carbonyl (C=O) groups excluding carboxylic acids is 2. The molecule has 146 valence electrons. The number of urea groups is 1. The SMILES string of the molecule is O=C(C1CCN(C(=O)N2CCCC2)CC1)N1CCC(C2OCCO2)CC1. The molecule has 0 aromatic carbocycles. The van der Waals surface area contributed by atoms with E-state index in [9.17, 15) is 9.59 Å². The smallest absolute Gasteiger partial charge is 0.319 e. The Morgan fingerprint density at radius 2 is 1.23 bits per heavy atom. The molecule has 0 atom stereocenters. The largest absolute Gasteiger partial charge is 0.350 e. The monoisotopic (exact) mass is 365 g/mol. The summed E-state index contributed by atoms with van der Waals surface area (Å²) in [5, 5.41) is 0. The van der Waals surface area contributed by atoms with Crippen molar-refractivity contribution in [1.29, 1.82) is 0 Å². The molecule has 0 bridgehead atoms. The van der Waals surface area contributed by atoms with Crippen LogP contribution < -0.4 is 0 Å². The lowest BCUT2D eigenvalue weighted by Crippen LogP contribution is -2.49. The van der Waals surface area contributed by atoms with Crippen LogP contribution in [-0.4, -0.2) is 85.4 Å². The molecule has 4 aliphatic rings. The summed E-state index contributed by atoms with van der Waals surface area (Å²) in [5.41, 5.74) is 0. The van der Waals surface area contributed by atoms with Crippen LogP contribution in [0.25, 0.3) is 0 Å². The second-order valence-electron chi connectivity index (χ2n) is 8.01. The summed E-state index contributed by atoms with van der Waals surface area (Å²) in [4.78, 5) is 31.3. The first-order valence-electron chi connectivity index (χ1n) is 10.3. The molecule has 7 nitrogen and oxygen atoms in total. The normalized spacial score (nSPS) is 26.7. The van der Waals surface area contributed by atoms with Crippen LogP contribution in [0.5, 0.6) is 0 Å². The second-order valence-corrected chi connectivity index (χ2v) is 8.01. The number of ether oxygens (including phenoxy) is 2. The first-order chi connectivity index (χ1) is 12.7. The topological polar surface area (TPSA) is 62.3 Å². The fourth-order valence-electron chi connectivity index (χ4n) is 4.73. The molecule has 4 saturated heterocycles. The van der Waals surface area contributed by atoms with Gasteiger partial charge in [0.2, 0.25) is 5.91 Å². The van der Waals surface area contributed by atoms with Gasteiger partial charge in [0, 0.05) is 51.1 Å². The van der Waals surface area contributed by atoms with Gasteiger partial charge in [-0.3, -0.25) is 4.79 Å². The Hall–Kier alpha value is -1.34. The van der Waals surface area contributed by atoms with E-state index in [-0.39, 0.29) is 24.1 Å². The van der Waals surface area contributed by atoms with E-state index < -0.39 is 0 Å². The minimum atomic E-state index is -0.0629. The molecule has 0 saturated carbocycles. The predicted molar refractivity (Wildman–Crippen MR) is 95.5 cm³/mol. The van der Waals surface area contributed by atoms with E-state index in [1.807, 2.05) is 14.7 Å². The zero-order valence-electron chi connectivity index (χ0n) is 15.6. The number of rotatable bonds is 2. The van der Waals surface area contributed by atoms with Crippen LogP contribution in [0.1, 0.15) is 38.5 Å². The van der Waals surface area contributed by atoms with Gasteiger partial charge in [-0.25, -0.2) is 4.79 Å². The van der Waals surface area contributed by atoms with E-state index in [1.165, 1.54) is 0 Å². The molecular weight excluding hydrogens is 334 g/mol. The van der Waals surface area contributed by atoms with E-state index in [2.05, 4.69) is 0 Å². The van der Waals surface area contributed by atoms with Crippen LogP contribution in [0.15, 0.2) is 0 Å². The van der Waals surface area contributed by atoms with Gasteiger partial charge >= 0.3 is 6.03 Å². The lowest BCUT2D eigenvalue weighted by molar-refractivity contribution is -0.142. The maximum absolute atomic E-state index is 12.9. The number of hydrogen-bond acceptors (Lipinski definition) is 4. The maximum atomic E-state index is 12.9. The molecule has 0 radical (unpaired) electrons. The van der Waals surface area contributed by atoms with Crippen molar-refractivity contribution in [3.8, 4) is 0 Å². The highest BCUT2D eigenvalue weighted by atomic mass is 16.7. The quantitative estimate of drug-likeness (QED) is 0.744. The van der Waals surface area contributed by atoms with Gasteiger partial charge in [-0.2, -0.15) is 0 Å². The van der Waals surface area contributed by atoms with E-state index >= 15 is 0 Å². The third kappa shape index (κ3) is 3.83. The van der Waals surface area contributed by atoms with Gasteiger partial charge < -0.3 is 24.2 Å². The van der Waals surface area contributed by atoms with Gasteiger partial charge in [0.05, 0.1) is 13.2 Å². The van der Waals surface area contributed by atoms with E-state index in [1.54, 1.807) is 0 Å². The Balaban J connectivity index is 1.22. The fourth-order valence-corrected chi connectivity index (χ4v) is 4.73. The highest BCUT2D eigenvalue weighted by Crippen LogP contribution is 2.28. The van der Waals surface area contributed by atoms with Crippen molar-refractivity contribution in [1.82, 2.24) is 14.7 Å². The third-order valence-electron chi connectivity index (χ3n) is 6.38. The molecule has 0 unspecified atom stereocenters. The summed E-state index contributed by atoms with van der Waals surface area (Å²) in [6.07, 6.45) is 5.69. The van der Waals surface area contributed by atoms with Gasteiger partial charge in [-0.15, -0.1) is 0 Å². The summed E-state index contributed by atoms with van der Waals surface area (Å²) in [6.45, 7) is 6.20. The van der Waals surface area contributed by atoms with Crippen LogP contribution in [0, 0.1) is 11.8 Å². The molecule has 0 aromatic rings. The van der Waals surface area contributed by atoms with E-state index in [4.69, 9.17) is 9.47 Å². The van der Waals surface area contributed by atoms with Crippen molar-refractivity contribution in [2.75, 3.05) is 52.5 Å². The van der Waals surface area contributed by atoms with Crippen molar-refractivity contribution < 1.29 is 19.1 Å². The van der Waals surface area contributed by atoms with Crippen molar-refractivity contribution in [2.24, 2.45) is 11.8 Å². The lowest BCUT2D eigenvalue weighted by Gasteiger charge is -2.38. The molecule has 7 heteroatoms. The predicted octanol–water partition coefficient (Wildman–Crippen LogP) is 1.53. The maximum Gasteiger partial charge on any atom is 0.319 e. The van der Waals surface area contributed by atoms with Gasteiger partial charge in [-0.05, 0) is 38.5 Å². The average Bonchev–Trinajstić information content (AvgIpc) is 3.41. The Morgan fingerprint density at radius 1 is 0.692 bits per heavy atom. The molecule has 0 spiro atoms.